The Morgan fingerprint density at radius 1 is 1.69 bits per heavy atom. The van der Waals surface area contributed by atoms with Crippen molar-refractivity contribution >= 4 is 6.09 Å². The van der Waals surface area contributed by atoms with Gasteiger partial charge in [0.15, 0.2) is 0 Å². The lowest BCUT2D eigenvalue weighted by Crippen LogP contribution is -2.47. The summed E-state index contributed by atoms with van der Waals surface area (Å²) in [5.74, 6) is 0.308. The van der Waals surface area contributed by atoms with Crippen LogP contribution in [0.3, 0.4) is 0 Å². The minimum atomic E-state index is -0.961. The predicted molar refractivity (Wildman–Crippen MR) is 59.2 cm³/mol. The van der Waals surface area contributed by atoms with Gasteiger partial charge in [0.2, 0.25) is 0 Å². The van der Waals surface area contributed by atoms with Crippen molar-refractivity contribution in [2.45, 2.75) is 38.9 Å². The van der Waals surface area contributed by atoms with Gasteiger partial charge in [-0.1, -0.05) is 13.8 Å². The van der Waals surface area contributed by atoms with E-state index in [-0.39, 0.29) is 12.6 Å². The van der Waals surface area contributed by atoms with Crippen molar-refractivity contribution < 1.29 is 19.4 Å². The second kappa shape index (κ2) is 5.50. The first-order valence-electron chi connectivity index (χ1n) is 5.68. The van der Waals surface area contributed by atoms with Crippen molar-refractivity contribution in [1.29, 1.82) is 0 Å². The number of alkyl carbamates (subject to hydrolysis) is 1. The Kier molecular flexibility index (Phi) is 4.56. The molecule has 0 aromatic carbocycles. The van der Waals surface area contributed by atoms with Crippen LogP contribution in [0.25, 0.3) is 0 Å². The van der Waals surface area contributed by atoms with Crippen molar-refractivity contribution in [2.24, 2.45) is 5.92 Å². The highest BCUT2D eigenvalue weighted by Crippen LogP contribution is 2.24. The summed E-state index contributed by atoms with van der Waals surface area (Å²) in [6.45, 7) is 6.82. The molecule has 0 spiro atoms. The maximum Gasteiger partial charge on any atom is 0.407 e. The van der Waals surface area contributed by atoms with Gasteiger partial charge in [0.05, 0.1) is 19.3 Å². The van der Waals surface area contributed by atoms with E-state index in [1.54, 1.807) is 6.92 Å². The van der Waals surface area contributed by atoms with E-state index >= 15 is 0 Å². The molecule has 2 unspecified atom stereocenters. The number of aliphatic hydroxyl groups is 1. The summed E-state index contributed by atoms with van der Waals surface area (Å²) in [5, 5.41) is 12.7. The van der Waals surface area contributed by atoms with Crippen LogP contribution in [-0.2, 0) is 9.47 Å². The predicted octanol–water partition coefficient (Wildman–Crippen LogP) is 0.908. The Labute approximate surface area is 96.1 Å². The average molecular weight is 231 g/mol. The lowest BCUT2D eigenvalue weighted by molar-refractivity contribution is -0.0260. The molecule has 1 fully saturated rings. The SMILES string of the molecule is CC(C)COC(=O)NCC1(O)CCOC1C. The highest BCUT2D eigenvalue weighted by molar-refractivity contribution is 5.67. The third-order valence-electron chi connectivity index (χ3n) is 2.75. The minimum Gasteiger partial charge on any atom is -0.449 e. The van der Waals surface area contributed by atoms with E-state index in [0.717, 1.165) is 0 Å². The third-order valence-corrected chi connectivity index (χ3v) is 2.75. The zero-order valence-electron chi connectivity index (χ0n) is 10.2. The molecule has 1 aliphatic heterocycles. The highest BCUT2D eigenvalue weighted by atomic mass is 16.5. The van der Waals surface area contributed by atoms with Gasteiger partial charge in [0.1, 0.15) is 5.60 Å². The molecule has 16 heavy (non-hydrogen) atoms. The van der Waals surface area contributed by atoms with Gasteiger partial charge in [-0.15, -0.1) is 0 Å². The van der Waals surface area contributed by atoms with Crippen LogP contribution in [0, 0.1) is 5.92 Å². The first kappa shape index (κ1) is 13.3. The van der Waals surface area contributed by atoms with E-state index < -0.39 is 11.7 Å². The Balaban J connectivity index is 2.26. The molecule has 1 rings (SSSR count). The number of amides is 1. The van der Waals surface area contributed by atoms with Gasteiger partial charge in [0.25, 0.3) is 0 Å². The zero-order valence-corrected chi connectivity index (χ0v) is 10.2. The summed E-state index contributed by atoms with van der Waals surface area (Å²) in [5.41, 5.74) is -0.961. The van der Waals surface area contributed by atoms with Crippen LogP contribution in [0.2, 0.25) is 0 Å². The van der Waals surface area contributed by atoms with E-state index in [0.29, 0.717) is 25.6 Å². The molecule has 2 N–H and O–H groups in total. The number of ether oxygens (including phenoxy) is 2. The van der Waals surface area contributed by atoms with Crippen LogP contribution in [0.4, 0.5) is 4.79 Å². The van der Waals surface area contributed by atoms with Gasteiger partial charge >= 0.3 is 6.09 Å². The molecule has 0 bridgehead atoms. The van der Waals surface area contributed by atoms with Gasteiger partial charge in [-0.3, -0.25) is 0 Å². The van der Waals surface area contributed by atoms with Gasteiger partial charge in [0, 0.05) is 13.0 Å². The van der Waals surface area contributed by atoms with Crippen molar-refractivity contribution in [3.8, 4) is 0 Å². The monoisotopic (exact) mass is 231 g/mol. The van der Waals surface area contributed by atoms with Gasteiger partial charge in [-0.05, 0) is 12.8 Å². The zero-order chi connectivity index (χ0) is 12.2. The normalized spacial score (nSPS) is 29.4. The Morgan fingerprint density at radius 2 is 2.38 bits per heavy atom. The molecule has 94 valence electrons. The van der Waals surface area contributed by atoms with E-state index in [9.17, 15) is 9.90 Å². The number of hydrogen-bond acceptors (Lipinski definition) is 4. The molecule has 0 saturated carbocycles. The van der Waals surface area contributed by atoms with Crippen molar-refractivity contribution in [3.63, 3.8) is 0 Å². The fraction of sp³-hybridized carbons (Fsp3) is 0.909. The number of hydrogen-bond donors (Lipinski definition) is 2. The van der Waals surface area contributed by atoms with E-state index in [4.69, 9.17) is 9.47 Å². The molecule has 1 saturated heterocycles. The number of nitrogens with one attached hydrogen (secondary N) is 1. The molecule has 5 heteroatoms. The molecule has 0 aromatic rings. The largest absolute Gasteiger partial charge is 0.449 e. The fourth-order valence-corrected chi connectivity index (χ4v) is 1.52. The Bertz CT molecular complexity index is 244. The summed E-state index contributed by atoms with van der Waals surface area (Å²) in [6.07, 6.45) is -0.197. The standard InChI is InChI=1S/C11H21NO4/c1-8(2)6-16-10(13)12-7-11(14)4-5-15-9(11)3/h8-9,14H,4-7H2,1-3H3,(H,12,13). The van der Waals surface area contributed by atoms with Crippen LogP contribution >= 0.6 is 0 Å². The van der Waals surface area contributed by atoms with Crippen molar-refractivity contribution in [3.05, 3.63) is 0 Å². The molecule has 0 aromatic heterocycles. The minimum absolute atomic E-state index is 0.172. The summed E-state index contributed by atoms with van der Waals surface area (Å²) < 4.78 is 10.2. The number of carbonyl (C=O) groups is 1. The van der Waals surface area contributed by atoms with Gasteiger partial charge < -0.3 is 19.9 Å². The molecule has 2 atom stereocenters. The lowest BCUT2D eigenvalue weighted by Gasteiger charge is -2.25. The molecular weight excluding hydrogens is 210 g/mol. The second-order valence-electron chi connectivity index (χ2n) is 4.71. The summed E-state index contributed by atoms with van der Waals surface area (Å²) >= 11 is 0. The summed E-state index contributed by atoms with van der Waals surface area (Å²) in [6, 6.07) is 0. The van der Waals surface area contributed by atoms with Gasteiger partial charge in [-0.25, -0.2) is 4.79 Å². The highest BCUT2D eigenvalue weighted by Gasteiger charge is 2.39. The third kappa shape index (κ3) is 3.64. The second-order valence-corrected chi connectivity index (χ2v) is 4.71. The molecule has 0 radical (unpaired) electrons. The van der Waals surface area contributed by atoms with E-state index in [1.807, 2.05) is 13.8 Å². The molecule has 0 aliphatic carbocycles. The van der Waals surface area contributed by atoms with Gasteiger partial charge in [-0.2, -0.15) is 0 Å². The maximum atomic E-state index is 11.3. The molecule has 1 aliphatic rings. The Morgan fingerprint density at radius 3 is 2.88 bits per heavy atom. The number of carbonyl (C=O) groups excluding carboxylic acids is 1. The van der Waals surface area contributed by atoms with Crippen LogP contribution in [-0.4, -0.2) is 42.7 Å². The Hall–Kier alpha value is -0.810. The summed E-state index contributed by atoms with van der Waals surface area (Å²) in [4.78, 5) is 11.3. The maximum absolute atomic E-state index is 11.3. The smallest absolute Gasteiger partial charge is 0.407 e. The molecular formula is C11H21NO4. The fourth-order valence-electron chi connectivity index (χ4n) is 1.52. The van der Waals surface area contributed by atoms with Crippen molar-refractivity contribution in [1.82, 2.24) is 5.32 Å². The van der Waals surface area contributed by atoms with Crippen LogP contribution < -0.4 is 5.32 Å². The first-order valence-corrected chi connectivity index (χ1v) is 5.68. The molecule has 5 nitrogen and oxygen atoms in total. The van der Waals surface area contributed by atoms with E-state index in [1.165, 1.54) is 0 Å². The van der Waals surface area contributed by atoms with E-state index in [2.05, 4.69) is 5.32 Å². The van der Waals surface area contributed by atoms with Crippen LogP contribution in [0.15, 0.2) is 0 Å². The molecule has 1 amide bonds. The first-order chi connectivity index (χ1) is 7.44. The van der Waals surface area contributed by atoms with Crippen LogP contribution in [0.5, 0.6) is 0 Å². The van der Waals surface area contributed by atoms with Crippen molar-refractivity contribution in [2.75, 3.05) is 19.8 Å². The van der Waals surface area contributed by atoms with Crippen LogP contribution in [0.1, 0.15) is 27.2 Å². The summed E-state index contributed by atoms with van der Waals surface area (Å²) in [7, 11) is 0. The quantitative estimate of drug-likeness (QED) is 0.754. The number of rotatable bonds is 4. The lowest BCUT2D eigenvalue weighted by atomic mass is 9.97. The average Bonchev–Trinajstić information content (AvgIpc) is 2.54. The topological polar surface area (TPSA) is 67.8 Å². The molecule has 1 heterocycles.